The van der Waals surface area contributed by atoms with Gasteiger partial charge in [0.25, 0.3) is 0 Å². The number of thioether (sulfide) groups is 2. The summed E-state index contributed by atoms with van der Waals surface area (Å²) >= 11 is 4.71. The lowest BCUT2D eigenvalue weighted by Gasteiger charge is -2.53. The summed E-state index contributed by atoms with van der Waals surface area (Å²) in [4.78, 5) is 30.8. The molecule has 9 heteroatoms. The molecule has 24 heavy (non-hydrogen) atoms. The van der Waals surface area contributed by atoms with E-state index in [9.17, 15) is 9.59 Å². The number of esters is 1. The molecule has 1 amide bonds. The maximum atomic E-state index is 12.9. The lowest BCUT2D eigenvalue weighted by molar-refractivity contribution is -0.169. The minimum absolute atomic E-state index is 0.0125. The molecule has 3 atom stereocenters. The lowest BCUT2D eigenvalue weighted by atomic mass is 9.89. The number of fused-ring (bicyclic) bond motifs is 1. The van der Waals surface area contributed by atoms with Gasteiger partial charge in [0.05, 0.1) is 15.9 Å². The molecule has 132 valence electrons. The number of rotatable bonds is 4. The van der Waals surface area contributed by atoms with Crippen molar-refractivity contribution in [3.05, 3.63) is 11.7 Å². The quantitative estimate of drug-likeness (QED) is 0.479. The van der Waals surface area contributed by atoms with E-state index in [0.29, 0.717) is 18.1 Å². The van der Waals surface area contributed by atoms with Gasteiger partial charge < -0.3 is 15.4 Å². The van der Waals surface area contributed by atoms with Gasteiger partial charge in [0, 0.05) is 18.1 Å². The summed E-state index contributed by atoms with van der Waals surface area (Å²) in [5, 5.41) is -0.0125. The van der Waals surface area contributed by atoms with Gasteiger partial charge in [-0.25, -0.2) is 0 Å². The van der Waals surface area contributed by atoms with Gasteiger partial charge in [-0.2, -0.15) is 0 Å². The van der Waals surface area contributed by atoms with Crippen LogP contribution in [0.25, 0.3) is 0 Å². The van der Waals surface area contributed by atoms with Crippen LogP contribution in [-0.2, 0) is 14.3 Å². The molecule has 3 heterocycles. The Balaban J connectivity index is 1.78. The Labute approximate surface area is 153 Å². The molecule has 2 fully saturated rings. The van der Waals surface area contributed by atoms with E-state index >= 15 is 0 Å². The summed E-state index contributed by atoms with van der Waals surface area (Å²) < 4.78 is 6.73. The Hall–Kier alpha value is -0.770. The van der Waals surface area contributed by atoms with Gasteiger partial charge in [-0.3, -0.25) is 14.6 Å². The zero-order valence-electron chi connectivity index (χ0n) is 13.9. The van der Waals surface area contributed by atoms with E-state index in [0.717, 1.165) is 4.21 Å². The van der Waals surface area contributed by atoms with E-state index in [1.807, 2.05) is 20.8 Å². The first kappa shape index (κ1) is 18.0. The zero-order chi connectivity index (χ0) is 17.5. The number of amides is 1. The molecule has 1 aromatic heterocycles. The number of hydrogen-bond acceptors (Lipinski definition) is 8. The van der Waals surface area contributed by atoms with Gasteiger partial charge in [0.2, 0.25) is 5.91 Å². The predicted octanol–water partition coefficient (Wildman–Crippen LogP) is 1.81. The molecule has 0 spiro atoms. The highest BCUT2D eigenvalue weighted by Gasteiger charge is 2.56. The zero-order valence-corrected chi connectivity index (χ0v) is 16.3. The van der Waals surface area contributed by atoms with E-state index in [4.69, 9.17) is 10.5 Å². The Bertz CT molecular complexity index is 632. The van der Waals surface area contributed by atoms with Crippen LogP contribution < -0.4 is 5.73 Å². The van der Waals surface area contributed by atoms with Crippen molar-refractivity contribution in [2.24, 2.45) is 11.1 Å². The number of hydrogen-bond donors (Lipinski definition) is 1. The lowest BCUT2D eigenvalue weighted by Crippen LogP contribution is -2.72. The van der Waals surface area contributed by atoms with Gasteiger partial charge in [-0.1, -0.05) is 0 Å². The van der Waals surface area contributed by atoms with Gasteiger partial charge >= 0.3 is 5.97 Å². The van der Waals surface area contributed by atoms with E-state index in [-0.39, 0.29) is 17.3 Å². The van der Waals surface area contributed by atoms with Gasteiger partial charge in [0.1, 0.15) is 22.4 Å². The van der Waals surface area contributed by atoms with Crippen LogP contribution in [-0.4, -0.2) is 56.8 Å². The molecule has 2 unspecified atom stereocenters. The van der Waals surface area contributed by atoms with Crippen molar-refractivity contribution >= 4 is 46.7 Å². The number of nitrogens with zero attached hydrogens (tertiary/aromatic N) is 2. The predicted molar refractivity (Wildman–Crippen MR) is 97.1 cm³/mol. The number of aromatic nitrogens is 1. The summed E-state index contributed by atoms with van der Waals surface area (Å²) in [6.07, 6.45) is 1.79. The first-order valence-electron chi connectivity index (χ1n) is 7.64. The molecular weight excluding hydrogens is 366 g/mol. The standard InChI is InChI=1S/C15H21N3O3S3/c1-14(2,3)21-13(20)15(6-22-9-4-17-8-24-9)5-18-11(19)10(16)12(18)23-7-15/h4,8,10,12H,5-7,16H2,1-3H3/t10?,12-,15?/m1/s1. The number of nitrogens with two attached hydrogens (primary N) is 1. The first-order chi connectivity index (χ1) is 11.2. The molecule has 6 nitrogen and oxygen atoms in total. The van der Waals surface area contributed by atoms with Crippen molar-refractivity contribution in [3.8, 4) is 0 Å². The van der Waals surface area contributed by atoms with Crippen LogP contribution in [0.15, 0.2) is 15.9 Å². The molecule has 2 N–H and O–H groups in total. The molecule has 0 aliphatic carbocycles. The molecule has 0 saturated carbocycles. The summed E-state index contributed by atoms with van der Waals surface area (Å²) in [6, 6.07) is -0.444. The number of β-lactam (4-membered cyclic amide) rings is 1. The summed E-state index contributed by atoms with van der Waals surface area (Å²) in [7, 11) is 0. The molecule has 1 aromatic rings. The van der Waals surface area contributed by atoms with Crippen LogP contribution in [0.4, 0.5) is 0 Å². The highest BCUT2D eigenvalue weighted by molar-refractivity contribution is 8.01. The largest absolute Gasteiger partial charge is 0.459 e. The maximum absolute atomic E-state index is 12.9. The third-order valence-electron chi connectivity index (χ3n) is 3.92. The van der Waals surface area contributed by atoms with Gasteiger partial charge in [-0.15, -0.1) is 34.9 Å². The first-order valence-corrected chi connectivity index (χ1v) is 10.6. The SMILES string of the molecule is CC(C)(C)OC(=O)C1(CSc2cncs2)CS[C@@H]2C(N)C(=O)N2C1. The molecular formula is C15H21N3O3S3. The fourth-order valence-corrected chi connectivity index (χ4v) is 6.07. The second-order valence-electron chi connectivity index (χ2n) is 7.08. The van der Waals surface area contributed by atoms with Gasteiger partial charge in [-0.05, 0) is 20.8 Å². The van der Waals surface area contributed by atoms with Crippen LogP contribution >= 0.6 is 34.9 Å². The summed E-state index contributed by atoms with van der Waals surface area (Å²) in [5.41, 5.74) is 6.34. The van der Waals surface area contributed by atoms with E-state index in [1.165, 1.54) is 0 Å². The topological polar surface area (TPSA) is 85.5 Å². The number of thiazole rings is 1. The van der Waals surface area contributed by atoms with E-state index in [2.05, 4.69) is 4.98 Å². The molecule has 0 aromatic carbocycles. The highest BCUT2D eigenvalue weighted by atomic mass is 32.2. The maximum Gasteiger partial charge on any atom is 0.316 e. The second-order valence-corrected chi connectivity index (χ2v) is 10.4. The summed E-state index contributed by atoms with van der Waals surface area (Å²) in [6.45, 7) is 5.95. The number of ether oxygens (including phenoxy) is 1. The minimum Gasteiger partial charge on any atom is -0.459 e. The summed E-state index contributed by atoms with van der Waals surface area (Å²) in [5.74, 6) is 0.841. The highest BCUT2D eigenvalue weighted by Crippen LogP contribution is 2.45. The Morgan fingerprint density at radius 2 is 2.33 bits per heavy atom. The van der Waals surface area contributed by atoms with Crippen molar-refractivity contribution < 1.29 is 14.3 Å². The molecule has 0 bridgehead atoms. The van der Waals surface area contributed by atoms with Gasteiger partial charge in [0.15, 0.2) is 0 Å². The van der Waals surface area contributed by atoms with Crippen LogP contribution in [0.3, 0.4) is 0 Å². The minimum atomic E-state index is -0.723. The Morgan fingerprint density at radius 1 is 1.58 bits per heavy atom. The van der Waals surface area contributed by atoms with Crippen molar-refractivity contribution in [2.45, 2.75) is 42.0 Å². The Morgan fingerprint density at radius 3 is 2.96 bits per heavy atom. The third kappa shape index (κ3) is 3.44. The third-order valence-corrected chi connectivity index (χ3v) is 7.82. The average molecular weight is 388 g/mol. The van der Waals surface area contributed by atoms with Crippen molar-refractivity contribution in [1.82, 2.24) is 9.88 Å². The normalized spacial score (nSPS) is 29.8. The molecule has 3 rings (SSSR count). The Kier molecular flexibility index (Phi) is 4.89. The smallest absolute Gasteiger partial charge is 0.316 e. The number of carbonyl (C=O) groups excluding carboxylic acids is 2. The van der Waals surface area contributed by atoms with Crippen molar-refractivity contribution in [1.29, 1.82) is 0 Å². The van der Waals surface area contributed by atoms with Crippen molar-refractivity contribution in [3.63, 3.8) is 0 Å². The fourth-order valence-electron chi connectivity index (χ4n) is 2.67. The molecule has 2 saturated heterocycles. The fraction of sp³-hybridized carbons (Fsp3) is 0.667. The average Bonchev–Trinajstić information content (AvgIpc) is 3.03. The molecule has 2 aliphatic rings. The van der Waals surface area contributed by atoms with E-state index < -0.39 is 17.1 Å². The van der Waals surface area contributed by atoms with Crippen LogP contribution in [0.1, 0.15) is 20.8 Å². The van der Waals surface area contributed by atoms with Crippen molar-refractivity contribution in [2.75, 3.05) is 18.1 Å². The molecule has 2 aliphatic heterocycles. The molecule has 0 radical (unpaired) electrons. The van der Waals surface area contributed by atoms with Crippen LogP contribution in [0, 0.1) is 5.41 Å². The second kappa shape index (κ2) is 6.51. The van der Waals surface area contributed by atoms with Crippen LogP contribution in [0.2, 0.25) is 0 Å². The number of carbonyl (C=O) groups is 2. The van der Waals surface area contributed by atoms with E-state index in [1.54, 1.807) is 51.5 Å². The monoisotopic (exact) mass is 387 g/mol. The van der Waals surface area contributed by atoms with Crippen LogP contribution in [0.5, 0.6) is 0 Å².